The lowest BCUT2D eigenvalue weighted by atomic mass is 10.1. The van der Waals surface area contributed by atoms with Crippen molar-refractivity contribution in [3.63, 3.8) is 0 Å². The van der Waals surface area contributed by atoms with E-state index in [0.717, 1.165) is 39.5 Å². The maximum Gasteiger partial charge on any atom is 0.125 e. The number of furan rings is 1. The molecule has 1 heterocycles. The van der Waals surface area contributed by atoms with Gasteiger partial charge in [-0.2, -0.15) is 0 Å². The third-order valence-corrected chi connectivity index (χ3v) is 3.75. The smallest absolute Gasteiger partial charge is 0.125 e. The molecule has 25 heavy (non-hydrogen) atoms. The van der Waals surface area contributed by atoms with Gasteiger partial charge in [-0.3, -0.25) is 0 Å². The Morgan fingerprint density at radius 1 is 1.16 bits per heavy atom. The molecule has 0 amide bonds. The van der Waals surface area contributed by atoms with Crippen LogP contribution < -0.4 is 9.47 Å². The molecule has 0 spiro atoms. The third-order valence-electron chi connectivity index (χ3n) is 3.75. The van der Waals surface area contributed by atoms with Gasteiger partial charge in [0, 0.05) is 11.1 Å². The number of hydrogen-bond donors (Lipinski definition) is 0. The topological polar surface area (TPSA) is 53.2 Å². The summed E-state index contributed by atoms with van der Waals surface area (Å²) in [5, 5.41) is 3.94. The average Bonchev–Trinajstić information content (AvgIpc) is 3.03. The second kappa shape index (κ2) is 8.97. The summed E-state index contributed by atoms with van der Waals surface area (Å²) >= 11 is 0. The van der Waals surface area contributed by atoms with Crippen molar-refractivity contribution in [2.45, 2.75) is 34.3 Å². The van der Waals surface area contributed by atoms with Gasteiger partial charge in [0.05, 0.1) is 18.2 Å². The van der Waals surface area contributed by atoms with E-state index >= 15 is 0 Å². The minimum Gasteiger partial charge on any atom is -0.490 e. The Bertz CT molecular complexity index is 736. The molecule has 0 saturated carbocycles. The fourth-order valence-corrected chi connectivity index (χ4v) is 2.55. The normalized spacial score (nSPS) is 11.8. The minimum absolute atomic E-state index is 0.392. The van der Waals surface area contributed by atoms with Crippen LogP contribution in [-0.2, 0) is 11.4 Å². The van der Waals surface area contributed by atoms with Crippen LogP contribution in [0.4, 0.5) is 0 Å². The molecular weight excluding hydrogens is 318 g/mol. The van der Waals surface area contributed by atoms with E-state index in [4.69, 9.17) is 18.7 Å². The first-order valence-corrected chi connectivity index (χ1v) is 8.18. The van der Waals surface area contributed by atoms with Gasteiger partial charge in [-0.15, -0.1) is 0 Å². The highest BCUT2D eigenvalue weighted by atomic mass is 16.6. The van der Waals surface area contributed by atoms with E-state index in [-0.39, 0.29) is 0 Å². The molecule has 2 rings (SSSR count). The van der Waals surface area contributed by atoms with Gasteiger partial charge in [0.1, 0.15) is 31.8 Å². The summed E-state index contributed by atoms with van der Waals surface area (Å²) in [5.41, 5.74) is 4.61. The monoisotopic (exact) mass is 343 g/mol. The summed E-state index contributed by atoms with van der Waals surface area (Å²) in [7, 11) is 1.52. The quantitative estimate of drug-likeness (QED) is 0.392. The van der Waals surface area contributed by atoms with Crippen molar-refractivity contribution in [3.8, 4) is 11.5 Å². The fraction of sp³-hybridized carbons (Fsp3) is 0.350. The lowest BCUT2D eigenvalue weighted by molar-refractivity contribution is 0.213. The van der Waals surface area contributed by atoms with E-state index in [1.54, 1.807) is 12.5 Å². The van der Waals surface area contributed by atoms with Crippen LogP contribution >= 0.6 is 0 Å². The number of oxime groups is 1. The van der Waals surface area contributed by atoms with Crippen LogP contribution in [0.2, 0.25) is 0 Å². The maximum atomic E-state index is 6.04. The molecule has 2 aromatic rings. The average molecular weight is 343 g/mol. The molecular formula is C20H25NO4. The van der Waals surface area contributed by atoms with E-state index in [2.05, 4.69) is 5.16 Å². The zero-order valence-electron chi connectivity index (χ0n) is 15.5. The minimum atomic E-state index is 0.392. The molecule has 0 radical (unpaired) electrons. The summed E-state index contributed by atoms with van der Waals surface area (Å²) in [6.45, 7) is 8.82. The lowest BCUT2D eigenvalue weighted by Crippen LogP contribution is -2.04. The second-order valence-electron chi connectivity index (χ2n) is 5.72. The Kier molecular flexibility index (Phi) is 6.69. The van der Waals surface area contributed by atoms with Gasteiger partial charge in [-0.25, -0.2) is 0 Å². The van der Waals surface area contributed by atoms with E-state index in [1.807, 2.05) is 52.0 Å². The SMILES string of the molecule is C/C=C/COc1cc(C)c(OCc2cocc2/C(C)=N\OC)c(C)c1. The zero-order chi connectivity index (χ0) is 18.2. The number of nitrogens with zero attached hydrogens (tertiary/aromatic N) is 1. The Hall–Kier alpha value is -2.69. The van der Waals surface area contributed by atoms with Crippen LogP contribution in [-0.4, -0.2) is 19.4 Å². The molecule has 0 aliphatic heterocycles. The summed E-state index contributed by atoms with van der Waals surface area (Å²) in [5.74, 6) is 1.69. The summed E-state index contributed by atoms with van der Waals surface area (Å²) in [4.78, 5) is 4.82. The molecule has 5 nitrogen and oxygen atoms in total. The predicted molar refractivity (Wildman–Crippen MR) is 98.5 cm³/mol. The first-order chi connectivity index (χ1) is 12.1. The van der Waals surface area contributed by atoms with Crippen molar-refractivity contribution in [1.29, 1.82) is 0 Å². The Labute approximate surface area is 148 Å². The Balaban J connectivity index is 2.11. The fourth-order valence-electron chi connectivity index (χ4n) is 2.55. The van der Waals surface area contributed by atoms with Crippen LogP contribution in [0.3, 0.4) is 0 Å². The second-order valence-corrected chi connectivity index (χ2v) is 5.72. The summed E-state index contributed by atoms with van der Waals surface area (Å²) in [6.07, 6.45) is 7.26. The Morgan fingerprint density at radius 2 is 1.88 bits per heavy atom. The predicted octanol–water partition coefficient (Wildman–Crippen LogP) is 4.80. The molecule has 134 valence electrons. The van der Waals surface area contributed by atoms with Gasteiger partial charge in [0.25, 0.3) is 0 Å². The number of ether oxygens (including phenoxy) is 2. The van der Waals surface area contributed by atoms with Gasteiger partial charge < -0.3 is 18.7 Å². The Morgan fingerprint density at radius 3 is 2.52 bits per heavy atom. The molecule has 1 aromatic heterocycles. The highest BCUT2D eigenvalue weighted by molar-refractivity contribution is 5.99. The van der Waals surface area contributed by atoms with Crippen molar-refractivity contribution in [2.75, 3.05) is 13.7 Å². The van der Waals surface area contributed by atoms with Gasteiger partial charge in [0.15, 0.2) is 0 Å². The summed E-state index contributed by atoms with van der Waals surface area (Å²) in [6, 6.07) is 3.97. The molecule has 0 fully saturated rings. The number of hydrogen-bond acceptors (Lipinski definition) is 5. The van der Waals surface area contributed by atoms with Crippen molar-refractivity contribution < 1.29 is 18.7 Å². The van der Waals surface area contributed by atoms with Crippen LogP contribution in [0.25, 0.3) is 0 Å². The maximum absolute atomic E-state index is 6.04. The van der Waals surface area contributed by atoms with E-state index in [1.165, 1.54) is 7.11 Å². The largest absolute Gasteiger partial charge is 0.490 e. The van der Waals surface area contributed by atoms with Gasteiger partial charge in [0.2, 0.25) is 0 Å². The van der Waals surface area contributed by atoms with Crippen LogP contribution in [0.15, 0.2) is 46.4 Å². The molecule has 0 saturated heterocycles. The number of benzene rings is 1. The van der Waals surface area contributed by atoms with Gasteiger partial charge >= 0.3 is 0 Å². The summed E-state index contributed by atoms with van der Waals surface area (Å²) < 4.78 is 17.0. The lowest BCUT2D eigenvalue weighted by Gasteiger charge is -2.14. The van der Waals surface area contributed by atoms with Crippen LogP contribution in [0, 0.1) is 13.8 Å². The molecule has 0 N–H and O–H groups in total. The highest BCUT2D eigenvalue weighted by Crippen LogP contribution is 2.29. The highest BCUT2D eigenvalue weighted by Gasteiger charge is 2.12. The number of aryl methyl sites for hydroxylation is 2. The van der Waals surface area contributed by atoms with Crippen molar-refractivity contribution in [3.05, 3.63) is 59.1 Å². The molecule has 0 atom stereocenters. The van der Waals surface area contributed by atoms with Crippen LogP contribution in [0.5, 0.6) is 11.5 Å². The van der Waals surface area contributed by atoms with Gasteiger partial charge in [-0.1, -0.05) is 17.3 Å². The standard InChI is InChI=1S/C20H25NO4/c1-6-7-8-24-18-9-14(2)20(15(3)10-18)25-12-17-11-23-13-19(17)16(4)21-22-5/h6-7,9-11,13H,8,12H2,1-5H3/b7-6+,21-16-. The van der Waals surface area contributed by atoms with Crippen molar-refractivity contribution in [1.82, 2.24) is 0 Å². The molecule has 0 aliphatic carbocycles. The van der Waals surface area contributed by atoms with Crippen LogP contribution in [0.1, 0.15) is 36.1 Å². The van der Waals surface area contributed by atoms with Crippen molar-refractivity contribution >= 4 is 5.71 Å². The van der Waals surface area contributed by atoms with E-state index in [0.29, 0.717) is 13.2 Å². The molecule has 5 heteroatoms. The molecule has 0 unspecified atom stereocenters. The van der Waals surface area contributed by atoms with Gasteiger partial charge in [-0.05, 0) is 51.0 Å². The third kappa shape index (κ3) is 4.89. The zero-order valence-corrected chi connectivity index (χ0v) is 15.5. The van der Waals surface area contributed by atoms with E-state index < -0.39 is 0 Å². The number of allylic oxidation sites excluding steroid dienone is 1. The first kappa shape index (κ1) is 18.6. The first-order valence-electron chi connectivity index (χ1n) is 8.18. The molecule has 1 aromatic carbocycles. The van der Waals surface area contributed by atoms with Crippen molar-refractivity contribution in [2.24, 2.45) is 5.16 Å². The number of rotatable bonds is 8. The van der Waals surface area contributed by atoms with E-state index in [9.17, 15) is 0 Å². The molecule has 0 bridgehead atoms. The molecule has 0 aliphatic rings.